The molecule has 5 aromatic rings. The van der Waals surface area contributed by atoms with E-state index in [1.807, 2.05) is 71.2 Å². The van der Waals surface area contributed by atoms with Gasteiger partial charge in [-0.1, -0.05) is 91.0 Å². The van der Waals surface area contributed by atoms with E-state index in [0.717, 1.165) is 33.8 Å². The van der Waals surface area contributed by atoms with Crippen LogP contribution in [0.5, 0.6) is 0 Å². The number of aromatic nitrogens is 4. The first-order valence-corrected chi connectivity index (χ1v) is 8.82. The molecule has 2 aromatic heterocycles. The van der Waals surface area contributed by atoms with Crippen molar-refractivity contribution in [2.75, 3.05) is 0 Å². The van der Waals surface area contributed by atoms with Gasteiger partial charge in [-0.15, -0.1) is 0 Å². The Balaban J connectivity index is 1.77. The van der Waals surface area contributed by atoms with Gasteiger partial charge >= 0.3 is 0 Å². The Kier molecular flexibility index (Phi) is 3.72. The molecule has 0 N–H and O–H groups in total. The smallest absolute Gasteiger partial charge is 0.209 e. The molecule has 0 bridgehead atoms. The fraction of sp³-hybridized carbons (Fsp3) is 0. The zero-order valence-corrected chi connectivity index (χ0v) is 14.5. The van der Waals surface area contributed by atoms with Crippen LogP contribution in [0.1, 0.15) is 0 Å². The van der Waals surface area contributed by atoms with Crippen LogP contribution in [0.3, 0.4) is 0 Å². The van der Waals surface area contributed by atoms with Crippen molar-refractivity contribution in [2.24, 2.45) is 0 Å². The van der Waals surface area contributed by atoms with Crippen LogP contribution in [0.4, 0.5) is 0 Å². The van der Waals surface area contributed by atoms with Crippen LogP contribution in [0, 0.1) is 0 Å². The molecule has 0 aliphatic carbocycles. The number of fused-ring (bicyclic) bond motifs is 1. The number of benzene rings is 3. The van der Waals surface area contributed by atoms with Gasteiger partial charge in [0.25, 0.3) is 5.78 Å². The molecule has 0 saturated heterocycles. The van der Waals surface area contributed by atoms with Crippen molar-refractivity contribution in [3.63, 3.8) is 0 Å². The summed E-state index contributed by atoms with van der Waals surface area (Å²) in [7, 11) is 0. The molecule has 2 heterocycles. The molecule has 4 nitrogen and oxygen atoms in total. The number of hydrogen-bond acceptors (Lipinski definition) is 3. The molecule has 27 heavy (non-hydrogen) atoms. The highest BCUT2D eigenvalue weighted by Crippen LogP contribution is 2.32. The summed E-state index contributed by atoms with van der Waals surface area (Å²) in [5.41, 5.74) is 5.77. The first kappa shape index (κ1) is 15.5. The minimum Gasteiger partial charge on any atom is -0.209 e. The van der Waals surface area contributed by atoms with Gasteiger partial charge in [0.05, 0.1) is 11.9 Å². The van der Waals surface area contributed by atoms with Crippen molar-refractivity contribution in [3.8, 4) is 33.8 Å². The molecular weight excluding hydrogens is 332 g/mol. The average molecular weight is 348 g/mol. The third-order valence-corrected chi connectivity index (χ3v) is 4.52. The van der Waals surface area contributed by atoms with Crippen molar-refractivity contribution in [1.29, 1.82) is 0 Å². The molecule has 0 amide bonds. The maximum atomic E-state index is 4.83. The van der Waals surface area contributed by atoms with Crippen LogP contribution in [-0.4, -0.2) is 19.6 Å². The quantitative estimate of drug-likeness (QED) is 0.454. The summed E-state index contributed by atoms with van der Waals surface area (Å²) in [5, 5.41) is 4.67. The zero-order valence-electron chi connectivity index (χ0n) is 14.5. The minimum atomic E-state index is 0.592. The summed E-state index contributed by atoms with van der Waals surface area (Å²) < 4.78 is 1.82. The lowest BCUT2D eigenvalue weighted by molar-refractivity contribution is 0.912. The second-order valence-electron chi connectivity index (χ2n) is 6.26. The van der Waals surface area contributed by atoms with Gasteiger partial charge in [0.1, 0.15) is 11.4 Å². The zero-order chi connectivity index (χ0) is 18.1. The summed E-state index contributed by atoms with van der Waals surface area (Å²) in [5.74, 6) is 0.592. The molecule has 0 radical (unpaired) electrons. The van der Waals surface area contributed by atoms with Crippen LogP contribution in [0.25, 0.3) is 39.5 Å². The molecule has 128 valence electrons. The standard InChI is InChI=1S/C23H16N4/c1-4-10-17(11-5-1)20-16-24-27-22(19-14-8-3-9-15-19)21(26-23(27)25-20)18-12-6-2-7-13-18/h1-16H. The van der Waals surface area contributed by atoms with Crippen LogP contribution in [-0.2, 0) is 0 Å². The SMILES string of the molecule is c1ccc(-c2cnn3c(-c4ccccc4)c(-c4ccccc4)nc3n2)cc1. The summed E-state index contributed by atoms with van der Waals surface area (Å²) >= 11 is 0. The fourth-order valence-electron chi connectivity index (χ4n) is 3.23. The largest absolute Gasteiger partial charge is 0.252 e. The van der Waals surface area contributed by atoms with Crippen molar-refractivity contribution < 1.29 is 0 Å². The molecule has 0 aliphatic heterocycles. The molecule has 0 saturated carbocycles. The van der Waals surface area contributed by atoms with E-state index in [9.17, 15) is 0 Å². The number of hydrogen-bond donors (Lipinski definition) is 0. The number of rotatable bonds is 3. The van der Waals surface area contributed by atoms with Gasteiger partial charge in [-0.3, -0.25) is 0 Å². The second kappa shape index (κ2) is 6.50. The highest BCUT2D eigenvalue weighted by molar-refractivity contribution is 5.81. The molecule has 5 rings (SSSR count). The van der Waals surface area contributed by atoms with E-state index in [0.29, 0.717) is 5.78 Å². The molecule has 0 spiro atoms. The molecule has 0 atom stereocenters. The summed E-state index contributed by atoms with van der Waals surface area (Å²) in [4.78, 5) is 9.60. The van der Waals surface area contributed by atoms with Crippen molar-refractivity contribution in [1.82, 2.24) is 19.6 Å². The van der Waals surface area contributed by atoms with Crippen LogP contribution in [0.2, 0.25) is 0 Å². The third-order valence-electron chi connectivity index (χ3n) is 4.52. The molecule has 0 fully saturated rings. The monoisotopic (exact) mass is 348 g/mol. The van der Waals surface area contributed by atoms with Gasteiger partial charge in [-0.05, 0) is 0 Å². The van der Waals surface area contributed by atoms with Gasteiger partial charge in [-0.2, -0.15) is 9.61 Å². The predicted molar refractivity (Wildman–Crippen MR) is 107 cm³/mol. The minimum absolute atomic E-state index is 0.592. The summed E-state index contributed by atoms with van der Waals surface area (Å²) in [6.45, 7) is 0. The number of nitrogens with zero attached hydrogens (tertiary/aromatic N) is 4. The number of imidazole rings is 1. The Morgan fingerprint density at radius 1 is 0.556 bits per heavy atom. The molecule has 4 heteroatoms. The van der Waals surface area contributed by atoms with Crippen LogP contribution < -0.4 is 0 Å². The van der Waals surface area contributed by atoms with Crippen molar-refractivity contribution in [3.05, 3.63) is 97.2 Å². The van der Waals surface area contributed by atoms with Crippen molar-refractivity contribution in [2.45, 2.75) is 0 Å². The summed E-state index contributed by atoms with van der Waals surface area (Å²) in [6.07, 6.45) is 1.80. The first-order chi connectivity index (χ1) is 13.4. The van der Waals surface area contributed by atoms with Crippen molar-refractivity contribution >= 4 is 5.78 Å². The third kappa shape index (κ3) is 2.77. The maximum Gasteiger partial charge on any atom is 0.252 e. The van der Waals surface area contributed by atoms with Gasteiger partial charge < -0.3 is 0 Å². The Labute approximate surface area is 156 Å². The Morgan fingerprint density at radius 3 is 1.74 bits per heavy atom. The molecule has 3 aromatic carbocycles. The van der Waals surface area contributed by atoms with E-state index in [2.05, 4.69) is 29.4 Å². The predicted octanol–water partition coefficient (Wildman–Crippen LogP) is 5.13. The lowest BCUT2D eigenvalue weighted by Gasteiger charge is -2.05. The molecule has 0 unspecified atom stereocenters. The highest BCUT2D eigenvalue weighted by Gasteiger charge is 2.18. The van der Waals surface area contributed by atoms with E-state index in [1.54, 1.807) is 6.20 Å². The Bertz CT molecular complexity index is 1200. The topological polar surface area (TPSA) is 43.1 Å². The first-order valence-electron chi connectivity index (χ1n) is 8.82. The van der Waals surface area contributed by atoms with Gasteiger partial charge in [0, 0.05) is 16.7 Å². The van der Waals surface area contributed by atoms with Crippen LogP contribution in [0.15, 0.2) is 97.2 Å². The van der Waals surface area contributed by atoms with E-state index in [1.165, 1.54) is 0 Å². The normalized spacial score (nSPS) is 11.0. The van der Waals surface area contributed by atoms with E-state index in [4.69, 9.17) is 9.97 Å². The molecular formula is C23H16N4. The maximum absolute atomic E-state index is 4.83. The second-order valence-corrected chi connectivity index (χ2v) is 6.26. The van der Waals surface area contributed by atoms with Crippen LogP contribution >= 0.6 is 0 Å². The van der Waals surface area contributed by atoms with Gasteiger partial charge in [0.2, 0.25) is 0 Å². The Morgan fingerprint density at radius 2 is 1.11 bits per heavy atom. The summed E-state index contributed by atoms with van der Waals surface area (Å²) in [6, 6.07) is 30.4. The van der Waals surface area contributed by atoms with Gasteiger partial charge in [0.15, 0.2) is 0 Å². The highest BCUT2D eigenvalue weighted by atomic mass is 15.3. The van der Waals surface area contributed by atoms with E-state index in [-0.39, 0.29) is 0 Å². The fourth-order valence-corrected chi connectivity index (χ4v) is 3.23. The van der Waals surface area contributed by atoms with E-state index >= 15 is 0 Å². The molecule has 0 aliphatic rings. The lowest BCUT2D eigenvalue weighted by atomic mass is 10.1. The Hall–Kier alpha value is -3.79. The average Bonchev–Trinajstić information content (AvgIpc) is 3.14. The lowest BCUT2D eigenvalue weighted by Crippen LogP contribution is -1.98. The van der Waals surface area contributed by atoms with E-state index < -0.39 is 0 Å². The van der Waals surface area contributed by atoms with Gasteiger partial charge in [-0.25, -0.2) is 9.97 Å².